The molecule has 0 amide bonds. The number of anilines is 1. The van der Waals surface area contributed by atoms with Gasteiger partial charge in [0.1, 0.15) is 4.11 Å². The van der Waals surface area contributed by atoms with Crippen molar-refractivity contribution in [3.8, 4) is 0 Å². The minimum atomic E-state index is -0.309. The van der Waals surface area contributed by atoms with Crippen molar-refractivity contribution >= 4 is 28.3 Å². The Hall–Kier alpha value is -0.290. The van der Waals surface area contributed by atoms with Crippen LogP contribution in [0, 0.1) is 0 Å². The fourth-order valence-electron chi connectivity index (χ4n) is 0.848. The molecule has 60 valence electrons. The molecule has 0 bridgehead atoms. The van der Waals surface area contributed by atoms with Crippen LogP contribution in [-0.2, 0) is 6.42 Å². The van der Waals surface area contributed by atoms with E-state index in [4.69, 9.17) is 10.8 Å². The number of hydrogen-bond acceptors (Lipinski definition) is 2. The number of hydrogen-bond donors (Lipinski definition) is 2. The van der Waals surface area contributed by atoms with Gasteiger partial charge < -0.3 is 10.8 Å². The molecule has 11 heavy (non-hydrogen) atoms. The quantitative estimate of drug-likeness (QED) is 0.483. The molecule has 0 aliphatic carbocycles. The first-order chi connectivity index (χ1) is 5.18. The molecule has 0 spiro atoms. The Labute approximate surface area is 79.6 Å². The molecular formula is C8H10INO. The molecule has 0 aliphatic heterocycles. The van der Waals surface area contributed by atoms with Crippen LogP contribution in [0.4, 0.5) is 5.69 Å². The van der Waals surface area contributed by atoms with Crippen molar-refractivity contribution in [1.82, 2.24) is 0 Å². The number of halogens is 1. The van der Waals surface area contributed by atoms with Gasteiger partial charge in [-0.15, -0.1) is 0 Å². The van der Waals surface area contributed by atoms with Crippen LogP contribution in [0.5, 0.6) is 0 Å². The van der Waals surface area contributed by atoms with Gasteiger partial charge in [-0.3, -0.25) is 0 Å². The molecule has 1 unspecified atom stereocenters. The van der Waals surface area contributed by atoms with Gasteiger partial charge in [0.05, 0.1) is 0 Å². The van der Waals surface area contributed by atoms with Gasteiger partial charge in [0, 0.05) is 12.1 Å². The van der Waals surface area contributed by atoms with E-state index in [1.165, 1.54) is 0 Å². The molecule has 1 atom stereocenters. The van der Waals surface area contributed by atoms with Crippen LogP contribution in [0.25, 0.3) is 0 Å². The summed E-state index contributed by atoms with van der Waals surface area (Å²) < 4.78 is -0.309. The Kier molecular flexibility index (Phi) is 3.14. The zero-order valence-corrected chi connectivity index (χ0v) is 8.15. The Morgan fingerprint density at radius 3 is 2.36 bits per heavy atom. The van der Waals surface area contributed by atoms with Crippen molar-refractivity contribution in [1.29, 1.82) is 0 Å². The summed E-state index contributed by atoms with van der Waals surface area (Å²) in [6.45, 7) is 0. The Bertz CT molecular complexity index is 220. The van der Waals surface area contributed by atoms with E-state index in [0.29, 0.717) is 6.42 Å². The van der Waals surface area contributed by atoms with Gasteiger partial charge in [0.15, 0.2) is 0 Å². The van der Waals surface area contributed by atoms with Crippen LogP contribution in [-0.4, -0.2) is 9.22 Å². The number of alkyl halides is 1. The summed E-state index contributed by atoms with van der Waals surface area (Å²) in [6.07, 6.45) is 0.681. The summed E-state index contributed by atoms with van der Waals surface area (Å²) in [4.78, 5) is 0. The second kappa shape index (κ2) is 3.92. The SMILES string of the molecule is Nc1ccc(CC(O)I)cc1. The molecule has 0 fully saturated rings. The summed E-state index contributed by atoms with van der Waals surface area (Å²) in [6, 6.07) is 7.54. The monoisotopic (exact) mass is 263 g/mol. The summed E-state index contributed by atoms with van der Waals surface area (Å²) in [7, 11) is 0. The summed E-state index contributed by atoms with van der Waals surface area (Å²) in [5.41, 5.74) is 7.37. The maximum atomic E-state index is 9.03. The Morgan fingerprint density at radius 2 is 1.91 bits per heavy atom. The van der Waals surface area contributed by atoms with E-state index >= 15 is 0 Å². The number of nitrogens with two attached hydrogens (primary N) is 1. The lowest BCUT2D eigenvalue weighted by molar-refractivity contribution is 0.280. The third-order valence-corrected chi connectivity index (χ3v) is 1.82. The zero-order valence-electron chi connectivity index (χ0n) is 6.00. The molecule has 1 rings (SSSR count). The van der Waals surface area contributed by atoms with E-state index in [-0.39, 0.29) is 4.11 Å². The molecule has 0 radical (unpaired) electrons. The number of benzene rings is 1. The van der Waals surface area contributed by atoms with Crippen molar-refractivity contribution in [3.63, 3.8) is 0 Å². The predicted octanol–water partition coefficient (Wildman–Crippen LogP) is 1.56. The fraction of sp³-hybridized carbons (Fsp3) is 0.250. The van der Waals surface area contributed by atoms with Gasteiger partial charge >= 0.3 is 0 Å². The van der Waals surface area contributed by atoms with Crippen LogP contribution in [0.2, 0.25) is 0 Å². The number of nitrogen functional groups attached to an aromatic ring is 1. The lowest BCUT2D eigenvalue weighted by Crippen LogP contribution is -1.99. The maximum absolute atomic E-state index is 9.03. The van der Waals surface area contributed by atoms with Crippen molar-refractivity contribution in [2.75, 3.05) is 5.73 Å². The topological polar surface area (TPSA) is 46.2 Å². The average Bonchev–Trinajstić information content (AvgIpc) is 1.93. The maximum Gasteiger partial charge on any atom is 0.109 e. The summed E-state index contributed by atoms with van der Waals surface area (Å²) in [5, 5.41) is 9.03. The Balaban J connectivity index is 2.66. The molecule has 0 heterocycles. The van der Waals surface area contributed by atoms with Gasteiger partial charge in [0.25, 0.3) is 0 Å². The van der Waals surface area contributed by atoms with Crippen LogP contribution in [0.15, 0.2) is 24.3 Å². The summed E-state index contributed by atoms with van der Waals surface area (Å²) >= 11 is 1.98. The van der Waals surface area contributed by atoms with Crippen molar-refractivity contribution in [2.45, 2.75) is 10.5 Å². The number of rotatable bonds is 2. The fourth-order valence-corrected chi connectivity index (χ4v) is 1.36. The van der Waals surface area contributed by atoms with Crippen molar-refractivity contribution < 1.29 is 5.11 Å². The van der Waals surface area contributed by atoms with E-state index in [1.54, 1.807) is 0 Å². The molecule has 0 saturated heterocycles. The highest BCUT2D eigenvalue weighted by Crippen LogP contribution is 2.10. The third-order valence-electron chi connectivity index (χ3n) is 1.38. The van der Waals surface area contributed by atoms with Crippen LogP contribution < -0.4 is 5.73 Å². The minimum Gasteiger partial charge on any atom is -0.399 e. The van der Waals surface area contributed by atoms with Crippen LogP contribution in [0.1, 0.15) is 5.56 Å². The first-order valence-electron chi connectivity index (χ1n) is 3.35. The van der Waals surface area contributed by atoms with E-state index < -0.39 is 0 Å². The predicted molar refractivity (Wildman–Crippen MR) is 54.6 cm³/mol. The summed E-state index contributed by atoms with van der Waals surface area (Å²) in [5.74, 6) is 0. The lowest BCUT2D eigenvalue weighted by Gasteiger charge is -2.02. The normalized spacial score (nSPS) is 12.9. The third kappa shape index (κ3) is 3.07. The van der Waals surface area contributed by atoms with E-state index in [1.807, 2.05) is 46.9 Å². The standard InChI is InChI=1S/C8H10INO/c9-8(11)5-6-1-3-7(10)4-2-6/h1-4,8,11H,5,10H2. The van der Waals surface area contributed by atoms with E-state index in [2.05, 4.69) is 0 Å². The molecule has 1 aromatic carbocycles. The first-order valence-corrected chi connectivity index (χ1v) is 4.59. The largest absolute Gasteiger partial charge is 0.399 e. The van der Waals surface area contributed by atoms with Gasteiger partial charge in [-0.1, -0.05) is 34.7 Å². The number of aliphatic hydroxyl groups is 1. The molecule has 0 saturated carbocycles. The molecule has 1 aromatic rings. The average molecular weight is 263 g/mol. The molecule has 3 heteroatoms. The molecular weight excluding hydrogens is 253 g/mol. The van der Waals surface area contributed by atoms with E-state index in [9.17, 15) is 0 Å². The van der Waals surface area contributed by atoms with Gasteiger partial charge in [-0.2, -0.15) is 0 Å². The second-order valence-electron chi connectivity index (χ2n) is 2.38. The molecule has 3 N–H and O–H groups in total. The highest BCUT2D eigenvalue weighted by atomic mass is 127. The van der Waals surface area contributed by atoms with Gasteiger partial charge in [-0.25, -0.2) is 0 Å². The first kappa shape index (κ1) is 8.80. The molecule has 2 nitrogen and oxygen atoms in total. The van der Waals surface area contributed by atoms with E-state index in [0.717, 1.165) is 11.3 Å². The van der Waals surface area contributed by atoms with Crippen molar-refractivity contribution in [2.24, 2.45) is 0 Å². The lowest BCUT2D eigenvalue weighted by atomic mass is 10.1. The van der Waals surface area contributed by atoms with Gasteiger partial charge in [-0.05, 0) is 17.7 Å². The molecule has 0 aliphatic rings. The van der Waals surface area contributed by atoms with Gasteiger partial charge in [0.2, 0.25) is 0 Å². The highest BCUT2D eigenvalue weighted by molar-refractivity contribution is 14.1. The van der Waals surface area contributed by atoms with Crippen molar-refractivity contribution in [3.05, 3.63) is 29.8 Å². The number of aliphatic hydroxyl groups excluding tert-OH is 1. The molecule has 0 aromatic heterocycles. The van der Waals surface area contributed by atoms with Crippen LogP contribution >= 0.6 is 22.6 Å². The highest BCUT2D eigenvalue weighted by Gasteiger charge is 1.98. The zero-order chi connectivity index (χ0) is 8.27. The van der Waals surface area contributed by atoms with Crippen LogP contribution in [0.3, 0.4) is 0 Å². The smallest absolute Gasteiger partial charge is 0.109 e. The Morgan fingerprint density at radius 1 is 1.36 bits per heavy atom. The second-order valence-corrected chi connectivity index (χ2v) is 3.82. The minimum absolute atomic E-state index is 0.309.